The Bertz CT molecular complexity index is 706. The summed E-state index contributed by atoms with van der Waals surface area (Å²) in [4.78, 5) is 12.0. The minimum absolute atomic E-state index is 0.183. The van der Waals surface area contributed by atoms with E-state index in [4.69, 9.17) is 9.47 Å². The second-order valence-electron chi connectivity index (χ2n) is 6.02. The van der Waals surface area contributed by atoms with Gasteiger partial charge in [-0.3, -0.25) is 4.79 Å². The third-order valence-electron chi connectivity index (χ3n) is 4.47. The third-order valence-corrected chi connectivity index (χ3v) is 6.39. The van der Waals surface area contributed by atoms with E-state index in [1.807, 2.05) is 13.8 Å². The molecule has 1 aromatic carbocycles. The molecular weight excluding hydrogens is 330 g/mol. The normalized spacial score (nSPS) is 16.8. The van der Waals surface area contributed by atoms with Crippen LogP contribution < -0.4 is 4.74 Å². The highest BCUT2D eigenvalue weighted by Gasteiger charge is 2.34. The highest BCUT2D eigenvalue weighted by molar-refractivity contribution is 7.89. The van der Waals surface area contributed by atoms with E-state index in [-0.39, 0.29) is 16.8 Å². The number of methoxy groups -OCH3 is 1. The molecular formula is C17H25NO5S. The van der Waals surface area contributed by atoms with Crippen LogP contribution in [0.5, 0.6) is 5.75 Å². The lowest BCUT2D eigenvalue weighted by atomic mass is 9.98. The van der Waals surface area contributed by atoms with Crippen LogP contribution in [0, 0.1) is 19.8 Å². The molecule has 0 saturated carbocycles. The first kappa shape index (κ1) is 18.7. The second kappa shape index (κ2) is 7.53. The summed E-state index contributed by atoms with van der Waals surface area (Å²) in [6.45, 7) is 6.52. The number of sulfonamides is 1. The maximum absolute atomic E-state index is 13.0. The highest BCUT2D eigenvalue weighted by Crippen LogP contribution is 2.32. The predicted octanol–water partition coefficient (Wildman–Crippen LogP) is 2.28. The number of piperidine rings is 1. The van der Waals surface area contributed by atoms with E-state index in [0.29, 0.717) is 38.3 Å². The number of nitrogens with zero attached hydrogens (tertiary/aromatic N) is 1. The number of benzene rings is 1. The van der Waals surface area contributed by atoms with Crippen molar-refractivity contribution in [3.05, 3.63) is 23.3 Å². The van der Waals surface area contributed by atoms with Gasteiger partial charge in [-0.05, 0) is 56.9 Å². The van der Waals surface area contributed by atoms with Crippen molar-refractivity contribution in [3.8, 4) is 5.75 Å². The molecule has 1 aromatic rings. The van der Waals surface area contributed by atoms with Crippen LogP contribution >= 0.6 is 0 Å². The lowest BCUT2D eigenvalue weighted by Gasteiger charge is -2.30. The Morgan fingerprint density at radius 2 is 1.79 bits per heavy atom. The van der Waals surface area contributed by atoms with Gasteiger partial charge in [0, 0.05) is 13.1 Å². The number of esters is 1. The molecule has 1 aliphatic heterocycles. The lowest BCUT2D eigenvalue weighted by Crippen LogP contribution is -2.40. The third kappa shape index (κ3) is 3.72. The van der Waals surface area contributed by atoms with Gasteiger partial charge in [0.2, 0.25) is 10.0 Å². The van der Waals surface area contributed by atoms with E-state index < -0.39 is 10.0 Å². The molecule has 0 amide bonds. The van der Waals surface area contributed by atoms with Crippen LogP contribution in [0.4, 0.5) is 0 Å². The zero-order valence-electron chi connectivity index (χ0n) is 14.7. The van der Waals surface area contributed by atoms with Crippen molar-refractivity contribution in [2.75, 3.05) is 26.8 Å². The maximum Gasteiger partial charge on any atom is 0.309 e. The molecule has 1 heterocycles. The van der Waals surface area contributed by atoms with Gasteiger partial charge in [0.15, 0.2) is 0 Å². The zero-order valence-corrected chi connectivity index (χ0v) is 15.5. The maximum atomic E-state index is 13.0. The van der Waals surface area contributed by atoms with Gasteiger partial charge < -0.3 is 9.47 Å². The van der Waals surface area contributed by atoms with E-state index in [2.05, 4.69) is 0 Å². The Labute approximate surface area is 143 Å². The van der Waals surface area contributed by atoms with Crippen molar-refractivity contribution in [1.82, 2.24) is 4.31 Å². The number of aryl methyl sites for hydroxylation is 2. The molecule has 0 N–H and O–H groups in total. The average molecular weight is 355 g/mol. The fraction of sp³-hybridized carbons (Fsp3) is 0.588. The Kier molecular flexibility index (Phi) is 5.87. The smallest absolute Gasteiger partial charge is 0.309 e. The summed E-state index contributed by atoms with van der Waals surface area (Å²) in [5, 5.41) is 0. The Hall–Kier alpha value is -1.60. The number of carbonyl (C=O) groups excluding carboxylic acids is 1. The molecule has 2 rings (SSSR count). The average Bonchev–Trinajstić information content (AvgIpc) is 2.57. The molecule has 0 bridgehead atoms. The second-order valence-corrected chi connectivity index (χ2v) is 7.92. The first-order valence-corrected chi connectivity index (χ1v) is 9.57. The van der Waals surface area contributed by atoms with E-state index in [1.165, 1.54) is 11.4 Å². The summed E-state index contributed by atoms with van der Waals surface area (Å²) in [5.74, 6) is -0.109. The van der Waals surface area contributed by atoms with Crippen molar-refractivity contribution >= 4 is 16.0 Å². The molecule has 1 saturated heterocycles. The van der Waals surface area contributed by atoms with Gasteiger partial charge in [-0.2, -0.15) is 4.31 Å². The number of ether oxygens (including phenoxy) is 2. The van der Waals surface area contributed by atoms with Gasteiger partial charge in [0.25, 0.3) is 0 Å². The Morgan fingerprint density at radius 1 is 1.21 bits per heavy atom. The fourth-order valence-electron chi connectivity index (χ4n) is 2.86. The van der Waals surface area contributed by atoms with Gasteiger partial charge in [0.1, 0.15) is 10.6 Å². The highest BCUT2D eigenvalue weighted by atomic mass is 32.2. The van der Waals surface area contributed by atoms with Crippen molar-refractivity contribution in [3.63, 3.8) is 0 Å². The Balaban J connectivity index is 2.21. The molecule has 134 valence electrons. The summed E-state index contributed by atoms with van der Waals surface area (Å²) in [6, 6.07) is 3.40. The van der Waals surface area contributed by atoms with Gasteiger partial charge in [0.05, 0.1) is 19.6 Å². The minimum Gasteiger partial charge on any atom is -0.495 e. The standard InChI is InChI=1S/C17H25NO5S/c1-5-23-17(19)14-6-8-18(9-7-14)24(20,21)16-11-13(3)12(2)10-15(16)22-4/h10-11,14H,5-9H2,1-4H3. The van der Waals surface area contributed by atoms with Crippen LogP contribution in [0.15, 0.2) is 17.0 Å². The van der Waals surface area contributed by atoms with E-state index >= 15 is 0 Å². The van der Waals surface area contributed by atoms with Crippen LogP contribution in [-0.4, -0.2) is 45.5 Å². The number of carbonyl (C=O) groups is 1. The predicted molar refractivity (Wildman–Crippen MR) is 90.6 cm³/mol. The van der Waals surface area contributed by atoms with Gasteiger partial charge in [-0.25, -0.2) is 8.42 Å². The first-order valence-electron chi connectivity index (χ1n) is 8.13. The molecule has 0 atom stereocenters. The van der Waals surface area contributed by atoms with Crippen LogP contribution in [0.1, 0.15) is 30.9 Å². The molecule has 6 nitrogen and oxygen atoms in total. The van der Waals surface area contributed by atoms with Gasteiger partial charge in [-0.15, -0.1) is 0 Å². The fourth-order valence-corrected chi connectivity index (χ4v) is 4.55. The summed E-state index contributed by atoms with van der Waals surface area (Å²) >= 11 is 0. The molecule has 0 aliphatic carbocycles. The lowest BCUT2D eigenvalue weighted by molar-refractivity contribution is -0.149. The monoisotopic (exact) mass is 355 g/mol. The number of hydrogen-bond acceptors (Lipinski definition) is 5. The van der Waals surface area contributed by atoms with Crippen LogP contribution in [0.25, 0.3) is 0 Å². The van der Waals surface area contributed by atoms with Crippen molar-refractivity contribution in [2.45, 2.75) is 38.5 Å². The van der Waals surface area contributed by atoms with Crippen LogP contribution in [0.2, 0.25) is 0 Å². The molecule has 0 radical (unpaired) electrons. The number of rotatable bonds is 5. The van der Waals surface area contributed by atoms with E-state index in [0.717, 1.165) is 11.1 Å². The molecule has 0 unspecified atom stereocenters. The van der Waals surface area contributed by atoms with Gasteiger partial charge >= 0.3 is 5.97 Å². The minimum atomic E-state index is -3.65. The summed E-state index contributed by atoms with van der Waals surface area (Å²) in [5.41, 5.74) is 1.88. The molecule has 0 spiro atoms. The van der Waals surface area contributed by atoms with E-state index in [1.54, 1.807) is 19.1 Å². The van der Waals surface area contributed by atoms with E-state index in [9.17, 15) is 13.2 Å². The summed E-state index contributed by atoms with van der Waals surface area (Å²) < 4.78 is 37.6. The quantitative estimate of drug-likeness (QED) is 0.758. The van der Waals surface area contributed by atoms with Crippen molar-refractivity contribution < 1.29 is 22.7 Å². The molecule has 24 heavy (non-hydrogen) atoms. The summed E-state index contributed by atoms with van der Waals surface area (Å²) in [6.07, 6.45) is 0.955. The first-order chi connectivity index (χ1) is 11.3. The van der Waals surface area contributed by atoms with Crippen molar-refractivity contribution in [1.29, 1.82) is 0 Å². The largest absolute Gasteiger partial charge is 0.495 e. The zero-order chi connectivity index (χ0) is 17.9. The molecule has 0 aromatic heterocycles. The molecule has 1 aliphatic rings. The molecule has 7 heteroatoms. The SMILES string of the molecule is CCOC(=O)C1CCN(S(=O)(=O)c2cc(C)c(C)cc2OC)CC1. The molecule has 1 fully saturated rings. The van der Waals surface area contributed by atoms with Crippen LogP contribution in [0.3, 0.4) is 0 Å². The van der Waals surface area contributed by atoms with Crippen LogP contribution in [-0.2, 0) is 19.6 Å². The Morgan fingerprint density at radius 3 is 2.33 bits per heavy atom. The topological polar surface area (TPSA) is 72.9 Å². The number of hydrogen-bond donors (Lipinski definition) is 0. The summed E-state index contributed by atoms with van der Waals surface area (Å²) in [7, 11) is -2.18. The van der Waals surface area contributed by atoms with Crippen molar-refractivity contribution in [2.24, 2.45) is 5.92 Å². The van der Waals surface area contributed by atoms with Gasteiger partial charge in [-0.1, -0.05) is 0 Å².